The van der Waals surface area contributed by atoms with E-state index >= 15 is 0 Å². The monoisotopic (exact) mass is 625 g/mol. The largest absolute Gasteiger partial charge is 0.453 e. The molecule has 0 radical (unpaired) electrons. The standard InChI is InChI=1S/C47H31NO/c1-3-13-34(14-4-1)47(35-15-5-2-6-16-35)42-20-10-9-18-38(42)41-30-33(25-29-43(41)47)31-22-26-36(27-23-31)48-44-21-11-19-39-40-28-24-32-12-7-8-17-37(32)45(40)49-46(39)44/h1-30,48H. The lowest BCUT2D eigenvalue weighted by molar-refractivity contribution is 0.674. The van der Waals surface area contributed by atoms with Gasteiger partial charge in [0, 0.05) is 21.8 Å². The molecule has 0 saturated heterocycles. The Morgan fingerprint density at radius 1 is 0.408 bits per heavy atom. The summed E-state index contributed by atoms with van der Waals surface area (Å²) in [6, 6.07) is 65.6. The summed E-state index contributed by atoms with van der Waals surface area (Å²) in [5.41, 5.74) is 13.5. The van der Waals surface area contributed by atoms with Crippen LogP contribution in [-0.2, 0) is 5.41 Å². The molecule has 1 aliphatic rings. The Hall–Kier alpha value is -6.38. The molecule has 1 aliphatic carbocycles. The number of fused-ring (bicyclic) bond motifs is 8. The molecule has 1 N–H and O–H groups in total. The molecule has 0 atom stereocenters. The molecule has 1 aromatic heterocycles. The Bertz CT molecular complexity index is 2630. The van der Waals surface area contributed by atoms with Gasteiger partial charge >= 0.3 is 0 Å². The number of hydrogen-bond acceptors (Lipinski definition) is 2. The summed E-state index contributed by atoms with van der Waals surface area (Å²) in [6.45, 7) is 0. The number of para-hydroxylation sites is 1. The van der Waals surface area contributed by atoms with E-state index in [0.29, 0.717) is 0 Å². The number of nitrogens with one attached hydrogen (secondary N) is 1. The van der Waals surface area contributed by atoms with Crippen LogP contribution in [0.25, 0.3) is 55.0 Å². The van der Waals surface area contributed by atoms with Crippen molar-refractivity contribution in [1.29, 1.82) is 0 Å². The summed E-state index contributed by atoms with van der Waals surface area (Å²) >= 11 is 0. The molecule has 0 unspecified atom stereocenters. The van der Waals surface area contributed by atoms with E-state index in [2.05, 4.69) is 187 Å². The SMILES string of the molecule is c1ccc(C2(c3ccccc3)c3ccccc3-c3cc(-c4ccc(Nc5cccc6c5oc5c7ccccc7ccc65)cc4)ccc32)cc1. The molecule has 0 fully saturated rings. The molecule has 10 rings (SSSR count). The van der Waals surface area contributed by atoms with Gasteiger partial charge in [-0.25, -0.2) is 0 Å². The van der Waals surface area contributed by atoms with Gasteiger partial charge < -0.3 is 9.73 Å². The summed E-state index contributed by atoms with van der Waals surface area (Å²) in [4.78, 5) is 0. The number of rotatable bonds is 5. The van der Waals surface area contributed by atoms with Crippen molar-refractivity contribution in [3.8, 4) is 22.3 Å². The second-order valence-electron chi connectivity index (χ2n) is 12.9. The van der Waals surface area contributed by atoms with Gasteiger partial charge in [0.15, 0.2) is 5.58 Å². The summed E-state index contributed by atoms with van der Waals surface area (Å²) in [6.07, 6.45) is 0. The first-order valence-corrected chi connectivity index (χ1v) is 16.8. The minimum absolute atomic E-state index is 0.384. The molecule has 49 heavy (non-hydrogen) atoms. The van der Waals surface area contributed by atoms with E-state index in [1.165, 1.54) is 49.9 Å². The Morgan fingerprint density at radius 2 is 1.04 bits per heavy atom. The van der Waals surface area contributed by atoms with Crippen molar-refractivity contribution in [2.45, 2.75) is 5.41 Å². The van der Waals surface area contributed by atoms with Crippen LogP contribution in [0.5, 0.6) is 0 Å². The van der Waals surface area contributed by atoms with Gasteiger partial charge in [0.25, 0.3) is 0 Å². The van der Waals surface area contributed by atoms with Gasteiger partial charge in [0.1, 0.15) is 5.58 Å². The van der Waals surface area contributed by atoms with Crippen molar-refractivity contribution < 1.29 is 4.42 Å². The van der Waals surface area contributed by atoms with Gasteiger partial charge in [0.05, 0.1) is 11.1 Å². The molecule has 1 heterocycles. The highest BCUT2D eigenvalue weighted by atomic mass is 16.3. The predicted molar refractivity (Wildman–Crippen MR) is 204 cm³/mol. The maximum absolute atomic E-state index is 6.55. The van der Waals surface area contributed by atoms with E-state index in [1.54, 1.807) is 0 Å². The molecule has 0 saturated carbocycles. The van der Waals surface area contributed by atoms with Crippen LogP contribution in [0.15, 0.2) is 186 Å². The summed E-state index contributed by atoms with van der Waals surface area (Å²) < 4.78 is 6.55. The minimum atomic E-state index is -0.384. The molecule has 2 heteroatoms. The van der Waals surface area contributed by atoms with Crippen LogP contribution in [0, 0.1) is 0 Å². The van der Waals surface area contributed by atoms with Crippen LogP contribution < -0.4 is 5.32 Å². The van der Waals surface area contributed by atoms with Gasteiger partial charge in [-0.1, -0.05) is 152 Å². The van der Waals surface area contributed by atoms with Crippen LogP contribution in [0.3, 0.4) is 0 Å². The highest BCUT2D eigenvalue weighted by molar-refractivity contribution is 6.17. The molecule has 0 spiro atoms. The quantitative estimate of drug-likeness (QED) is 0.206. The van der Waals surface area contributed by atoms with Crippen molar-refractivity contribution in [3.63, 3.8) is 0 Å². The van der Waals surface area contributed by atoms with E-state index in [1.807, 2.05) is 0 Å². The number of benzene rings is 8. The average molecular weight is 626 g/mol. The van der Waals surface area contributed by atoms with Gasteiger partial charge in [-0.3, -0.25) is 0 Å². The maximum Gasteiger partial charge on any atom is 0.158 e. The number of furan rings is 1. The molecular weight excluding hydrogens is 595 g/mol. The molecule has 230 valence electrons. The highest BCUT2D eigenvalue weighted by Crippen LogP contribution is 2.56. The van der Waals surface area contributed by atoms with Crippen molar-refractivity contribution in [1.82, 2.24) is 0 Å². The highest BCUT2D eigenvalue weighted by Gasteiger charge is 2.45. The fourth-order valence-corrected chi connectivity index (χ4v) is 8.15. The zero-order chi connectivity index (χ0) is 32.4. The van der Waals surface area contributed by atoms with Crippen molar-refractivity contribution >= 4 is 44.1 Å². The third-order valence-electron chi connectivity index (χ3n) is 10.3. The third-order valence-corrected chi connectivity index (χ3v) is 10.3. The lowest BCUT2D eigenvalue weighted by Crippen LogP contribution is -2.28. The van der Waals surface area contributed by atoms with E-state index in [-0.39, 0.29) is 5.41 Å². The van der Waals surface area contributed by atoms with Gasteiger partial charge in [-0.15, -0.1) is 0 Å². The first-order chi connectivity index (χ1) is 24.3. The van der Waals surface area contributed by atoms with Crippen molar-refractivity contribution in [3.05, 3.63) is 204 Å². The molecule has 2 nitrogen and oxygen atoms in total. The molecule has 0 bridgehead atoms. The second-order valence-corrected chi connectivity index (χ2v) is 12.9. The number of anilines is 2. The van der Waals surface area contributed by atoms with Crippen LogP contribution in [0.4, 0.5) is 11.4 Å². The van der Waals surface area contributed by atoms with Gasteiger partial charge in [-0.2, -0.15) is 0 Å². The van der Waals surface area contributed by atoms with E-state index < -0.39 is 0 Å². The Kier molecular flexibility index (Phi) is 6.13. The fraction of sp³-hybridized carbons (Fsp3) is 0.0213. The minimum Gasteiger partial charge on any atom is -0.453 e. The maximum atomic E-state index is 6.55. The lowest BCUT2D eigenvalue weighted by atomic mass is 9.67. The van der Waals surface area contributed by atoms with Crippen molar-refractivity contribution in [2.24, 2.45) is 0 Å². The molecule has 8 aromatic carbocycles. The zero-order valence-electron chi connectivity index (χ0n) is 26.7. The number of hydrogen-bond donors (Lipinski definition) is 1. The van der Waals surface area contributed by atoms with Crippen LogP contribution in [-0.4, -0.2) is 0 Å². The van der Waals surface area contributed by atoms with E-state index in [9.17, 15) is 0 Å². The van der Waals surface area contributed by atoms with E-state index in [0.717, 1.165) is 38.7 Å². The van der Waals surface area contributed by atoms with Crippen molar-refractivity contribution in [2.75, 3.05) is 5.32 Å². The first kappa shape index (κ1) is 27.7. The van der Waals surface area contributed by atoms with Gasteiger partial charge in [0.2, 0.25) is 0 Å². The Balaban J connectivity index is 1.04. The lowest BCUT2D eigenvalue weighted by Gasteiger charge is -2.33. The smallest absolute Gasteiger partial charge is 0.158 e. The Morgan fingerprint density at radius 3 is 1.84 bits per heavy atom. The van der Waals surface area contributed by atoms with Gasteiger partial charge in [-0.05, 0) is 80.2 Å². The fourth-order valence-electron chi connectivity index (χ4n) is 8.15. The summed E-state index contributed by atoms with van der Waals surface area (Å²) in [5, 5.41) is 8.20. The van der Waals surface area contributed by atoms with Crippen LogP contribution >= 0.6 is 0 Å². The van der Waals surface area contributed by atoms with E-state index in [4.69, 9.17) is 4.42 Å². The molecule has 0 aliphatic heterocycles. The molecule has 0 amide bonds. The van der Waals surface area contributed by atoms with Crippen LogP contribution in [0.2, 0.25) is 0 Å². The Labute approximate surface area is 284 Å². The molecular formula is C47H31NO. The normalized spacial score (nSPS) is 13.1. The zero-order valence-corrected chi connectivity index (χ0v) is 26.7. The molecule has 9 aromatic rings. The van der Waals surface area contributed by atoms with Crippen LogP contribution in [0.1, 0.15) is 22.3 Å². The average Bonchev–Trinajstić information content (AvgIpc) is 3.71. The summed E-state index contributed by atoms with van der Waals surface area (Å²) in [7, 11) is 0. The topological polar surface area (TPSA) is 25.2 Å². The third kappa shape index (κ3) is 4.14. The predicted octanol–water partition coefficient (Wildman–Crippen LogP) is 12.5. The first-order valence-electron chi connectivity index (χ1n) is 16.8. The second kappa shape index (κ2) is 10.8. The summed E-state index contributed by atoms with van der Waals surface area (Å²) in [5.74, 6) is 0.